The van der Waals surface area contributed by atoms with Gasteiger partial charge in [0.2, 0.25) is 5.91 Å². The summed E-state index contributed by atoms with van der Waals surface area (Å²) in [6.45, 7) is 5.89. The predicted octanol–water partition coefficient (Wildman–Crippen LogP) is 3.63. The van der Waals surface area contributed by atoms with Crippen molar-refractivity contribution in [3.05, 3.63) is 51.6 Å². The van der Waals surface area contributed by atoms with Gasteiger partial charge >= 0.3 is 0 Å². The summed E-state index contributed by atoms with van der Waals surface area (Å²) in [6, 6.07) is 7.11. The van der Waals surface area contributed by atoms with Gasteiger partial charge in [0, 0.05) is 27.7 Å². The van der Waals surface area contributed by atoms with Crippen molar-refractivity contribution in [2.45, 2.75) is 32.9 Å². The summed E-state index contributed by atoms with van der Waals surface area (Å²) in [5.74, 6) is 0.896. The van der Waals surface area contributed by atoms with Crippen molar-refractivity contribution < 1.29 is 9.59 Å². The molecule has 2 amide bonds. The number of aromatic nitrogens is 2. The van der Waals surface area contributed by atoms with E-state index in [1.165, 1.54) is 0 Å². The molecule has 0 unspecified atom stereocenters. The fourth-order valence-electron chi connectivity index (χ4n) is 3.59. The van der Waals surface area contributed by atoms with Crippen molar-refractivity contribution in [1.29, 1.82) is 0 Å². The zero-order valence-electron chi connectivity index (χ0n) is 16.0. The van der Waals surface area contributed by atoms with Gasteiger partial charge in [-0.2, -0.15) is 0 Å². The maximum atomic E-state index is 13.2. The van der Waals surface area contributed by atoms with Crippen LogP contribution in [0.2, 0.25) is 0 Å². The number of nitrogens with one attached hydrogen (secondary N) is 2. The third-order valence-corrected chi connectivity index (χ3v) is 7.22. The van der Waals surface area contributed by atoms with Crippen LogP contribution in [0.3, 0.4) is 0 Å². The van der Waals surface area contributed by atoms with Gasteiger partial charge in [0.1, 0.15) is 6.04 Å². The van der Waals surface area contributed by atoms with Gasteiger partial charge in [0.15, 0.2) is 0 Å². The van der Waals surface area contributed by atoms with Gasteiger partial charge in [-0.1, -0.05) is 18.2 Å². The number of amides is 2. The van der Waals surface area contributed by atoms with Crippen molar-refractivity contribution in [1.82, 2.24) is 20.2 Å². The monoisotopic (exact) mass is 414 g/mol. The number of thioether (sulfide) groups is 1. The van der Waals surface area contributed by atoms with E-state index >= 15 is 0 Å². The van der Waals surface area contributed by atoms with E-state index in [1.807, 2.05) is 45.0 Å². The Morgan fingerprint density at radius 1 is 1.32 bits per heavy atom. The lowest BCUT2D eigenvalue weighted by Crippen LogP contribution is -2.47. The molecular weight excluding hydrogens is 392 g/mol. The number of benzene rings is 1. The second-order valence-corrected chi connectivity index (χ2v) is 9.19. The first kappa shape index (κ1) is 19.0. The Morgan fingerprint density at radius 2 is 2.11 bits per heavy atom. The zero-order valence-corrected chi connectivity index (χ0v) is 17.6. The summed E-state index contributed by atoms with van der Waals surface area (Å²) in [5, 5.41) is 4.95. The normalized spacial score (nSPS) is 17.8. The Balaban J connectivity index is 1.52. The summed E-state index contributed by atoms with van der Waals surface area (Å²) >= 11 is 3.20. The minimum Gasteiger partial charge on any atom is -0.360 e. The highest BCUT2D eigenvalue weighted by Gasteiger charge is 2.36. The van der Waals surface area contributed by atoms with Gasteiger partial charge in [0.25, 0.3) is 5.91 Å². The van der Waals surface area contributed by atoms with Crippen LogP contribution < -0.4 is 5.32 Å². The highest BCUT2D eigenvalue weighted by Crippen LogP contribution is 2.28. The molecule has 146 valence electrons. The Morgan fingerprint density at radius 3 is 2.86 bits per heavy atom. The summed E-state index contributed by atoms with van der Waals surface area (Å²) in [6.07, 6.45) is 1.73. The first-order valence-electron chi connectivity index (χ1n) is 9.15. The maximum Gasteiger partial charge on any atom is 0.257 e. The summed E-state index contributed by atoms with van der Waals surface area (Å²) in [5.41, 5.74) is 2.48. The number of rotatable bonds is 4. The molecule has 1 aliphatic heterocycles. The van der Waals surface area contributed by atoms with E-state index in [1.54, 1.807) is 34.2 Å². The van der Waals surface area contributed by atoms with Crippen LogP contribution in [0.15, 0.2) is 30.5 Å². The Labute approximate surface area is 171 Å². The first-order chi connectivity index (χ1) is 13.5. The van der Waals surface area contributed by atoms with Gasteiger partial charge in [-0.15, -0.1) is 23.1 Å². The lowest BCUT2D eigenvalue weighted by molar-refractivity contribution is -0.125. The second kappa shape index (κ2) is 7.60. The molecule has 4 rings (SSSR count). The zero-order chi connectivity index (χ0) is 19.8. The third-order valence-electron chi connectivity index (χ3n) is 4.96. The summed E-state index contributed by atoms with van der Waals surface area (Å²) in [7, 11) is 0. The van der Waals surface area contributed by atoms with E-state index in [9.17, 15) is 9.59 Å². The van der Waals surface area contributed by atoms with E-state index in [4.69, 9.17) is 0 Å². The Kier molecular flexibility index (Phi) is 5.16. The molecule has 0 bridgehead atoms. The number of aryl methyl sites for hydroxylation is 2. The molecule has 3 heterocycles. The van der Waals surface area contributed by atoms with Crippen LogP contribution in [0.25, 0.3) is 10.9 Å². The molecule has 2 N–H and O–H groups in total. The van der Waals surface area contributed by atoms with Crippen molar-refractivity contribution >= 4 is 45.8 Å². The van der Waals surface area contributed by atoms with Crippen LogP contribution in [-0.2, 0) is 4.79 Å². The van der Waals surface area contributed by atoms with E-state index in [2.05, 4.69) is 15.3 Å². The van der Waals surface area contributed by atoms with Crippen LogP contribution in [0.1, 0.15) is 38.9 Å². The van der Waals surface area contributed by atoms with Gasteiger partial charge in [-0.25, -0.2) is 4.98 Å². The molecule has 0 aliphatic carbocycles. The number of H-pyrrole nitrogens is 1. The molecule has 2 atom stereocenters. The van der Waals surface area contributed by atoms with Gasteiger partial charge in [0.05, 0.1) is 28.2 Å². The fraction of sp³-hybridized carbons (Fsp3) is 0.350. The highest BCUT2D eigenvalue weighted by molar-refractivity contribution is 7.99. The molecule has 1 aliphatic rings. The average molecular weight is 415 g/mol. The number of fused-ring (bicyclic) bond motifs is 1. The van der Waals surface area contributed by atoms with Crippen molar-refractivity contribution in [3.63, 3.8) is 0 Å². The van der Waals surface area contributed by atoms with Gasteiger partial charge < -0.3 is 15.2 Å². The quantitative estimate of drug-likeness (QED) is 0.683. The SMILES string of the molecule is Cc1nc(C)c([C@H](C)NC(=O)[C@@H]2CSCN2C(=O)c2c[nH]c3ccccc23)s1. The van der Waals surface area contributed by atoms with Crippen LogP contribution >= 0.6 is 23.1 Å². The standard InChI is InChI=1S/C20H22N4O2S2/c1-11-18(28-13(3)22-11)12(2)23-19(25)17-9-27-10-24(17)20(26)15-8-21-16-7-5-4-6-14(15)16/h4-8,12,17,21H,9-10H2,1-3H3,(H,23,25)/t12-,17-/m0/s1. The van der Waals surface area contributed by atoms with E-state index in [0.29, 0.717) is 17.2 Å². The third kappa shape index (κ3) is 3.42. The van der Waals surface area contributed by atoms with Crippen LogP contribution in [0.5, 0.6) is 0 Å². The number of para-hydroxylation sites is 1. The summed E-state index contributed by atoms with van der Waals surface area (Å²) < 4.78 is 0. The van der Waals surface area contributed by atoms with Crippen LogP contribution in [0, 0.1) is 13.8 Å². The minimum atomic E-state index is -0.470. The van der Waals surface area contributed by atoms with Gasteiger partial charge in [-0.3, -0.25) is 9.59 Å². The second-order valence-electron chi connectivity index (χ2n) is 6.95. The van der Waals surface area contributed by atoms with Crippen molar-refractivity contribution in [3.8, 4) is 0 Å². The average Bonchev–Trinajstić information content (AvgIpc) is 3.38. The molecule has 0 radical (unpaired) electrons. The Hall–Kier alpha value is -2.32. The molecule has 3 aromatic rings. The smallest absolute Gasteiger partial charge is 0.257 e. The number of hydrogen-bond donors (Lipinski definition) is 2. The molecule has 0 saturated carbocycles. The van der Waals surface area contributed by atoms with E-state index in [0.717, 1.165) is 26.5 Å². The minimum absolute atomic E-state index is 0.111. The van der Waals surface area contributed by atoms with E-state index < -0.39 is 6.04 Å². The number of carbonyl (C=O) groups excluding carboxylic acids is 2. The molecule has 28 heavy (non-hydrogen) atoms. The molecule has 6 nitrogen and oxygen atoms in total. The lowest BCUT2D eigenvalue weighted by atomic mass is 10.1. The molecule has 1 aromatic carbocycles. The number of hydrogen-bond acceptors (Lipinski definition) is 5. The molecule has 8 heteroatoms. The van der Waals surface area contributed by atoms with E-state index in [-0.39, 0.29) is 17.9 Å². The topological polar surface area (TPSA) is 78.1 Å². The van der Waals surface area contributed by atoms with Gasteiger partial charge in [-0.05, 0) is 26.8 Å². The number of nitrogens with zero attached hydrogens (tertiary/aromatic N) is 2. The largest absolute Gasteiger partial charge is 0.360 e. The molecule has 1 saturated heterocycles. The lowest BCUT2D eigenvalue weighted by Gasteiger charge is -2.24. The fourth-order valence-corrected chi connectivity index (χ4v) is 5.67. The van der Waals surface area contributed by atoms with Crippen molar-refractivity contribution in [2.75, 3.05) is 11.6 Å². The maximum absolute atomic E-state index is 13.2. The first-order valence-corrected chi connectivity index (χ1v) is 11.1. The molecule has 0 spiro atoms. The predicted molar refractivity (Wildman–Crippen MR) is 114 cm³/mol. The molecular formula is C20H22N4O2S2. The molecule has 1 fully saturated rings. The van der Waals surface area contributed by atoms with Crippen LogP contribution in [0.4, 0.5) is 0 Å². The number of carbonyl (C=O) groups is 2. The van der Waals surface area contributed by atoms with Crippen molar-refractivity contribution in [2.24, 2.45) is 0 Å². The number of aromatic amines is 1. The molecule has 2 aromatic heterocycles. The van der Waals surface area contributed by atoms with Crippen LogP contribution in [-0.4, -0.2) is 44.4 Å². The highest BCUT2D eigenvalue weighted by atomic mass is 32.2. The summed E-state index contributed by atoms with van der Waals surface area (Å²) in [4.78, 5) is 36.4. The Bertz CT molecular complexity index is 1040. The number of thiazole rings is 1.